The summed E-state index contributed by atoms with van der Waals surface area (Å²) in [5, 5.41) is 13.0. The molecule has 0 fully saturated rings. The Labute approximate surface area is 189 Å². The van der Waals surface area contributed by atoms with Crippen molar-refractivity contribution in [1.82, 2.24) is 20.1 Å². The van der Waals surface area contributed by atoms with Crippen molar-refractivity contribution in [2.45, 2.75) is 43.6 Å². The number of amides is 1. The number of halogens is 3. The second-order valence-electron chi connectivity index (χ2n) is 6.63. The molecule has 1 amide bonds. The van der Waals surface area contributed by atoms with Crippen molar-refractivity contribution in [3.63, 3.8) is 0 Å². The van der Waals surface area contributed by atoms with Crippen LogP contribution in [-0.2, 0) is 17.1 Å². The van der Waals surface area contributed by atoms with Crippen molar-refractivity contribution in [1.29, 1.82) is 0 Å². The second kappa shape index (κ2) is 10.8. The van der Waals surface area contributed by atoms with E-state index in [2.05, 4.69) is 15.5 Å². The number of nitrogens with zero attached hydrogens (tertiary/aromatic N) is 3. The quantitative estimate of drug-likeness (QED) is 0.404. The van der Waals surface area contributed by atoms with Gasteiger partial charge >= 0.3 is 0 Å². The van der Waals surface area contributed by atoms with Gasteiger partial charge in [0, 0.05) is 17.2 Å². The van der Waals surface area contributed by atoms with Crippen molar-refractivity contribution >= 4 is 40.9 Å². The van der Waals surface area contributed by atoms with Gasteiger partial charge in [0.2, 0.25) is 5.91 Å². The lowest BCUT2D eigenvalue weighted by Gasteiger charge is -2.13. The predicted molar refractivity (Wildman–Crippen MR) is 119 cm³/mol. The van der Waals surface area contributed by atoms with Crippen LogP contribution in [0.15, 0.2) is 47.6 Å². The van der Waals surface area contributed by atoms with Crippen molar-refractivity contribution in [2.24, 2.45) is 0 Å². The third-order valence-corrected chi connectivity index (χ3v) is 5.87. The van der Waals surface area contributed by atoms with Crippen LogP contribution in [0.25, 0.3) is 5.69 Å². The molecular formula is C21H21Cl2FN4OS. The lowest BCUT2D eigenvalue weighted by molar-refractivity contribution is -0.121. The van der Waals surface area contributed by atoms with E-state index in [1.54, 1.807) is 30.3 Å². The van der Waals surface area contributed by atoms with E-state index in [1.165, 1.54) is 23.9 Å². The summed E-state index contributed by atoms with van der Waals surface area (Å²) in [6.07, 6.45) is 2.26. The largest absolute Gasteiger partial charge is 0.349 e. The standard InChI is InChI=1S/C21H21Cl2FN4OS/c1-2-3-4-20(29)25-12-19-26-27-21(30-13-14-5-8-16(24)9-6-14)28(19)18-10-7-15(22)11-17(18)23/h5-11H,2-4,12-13H2,1H3,(H,25,29). The molecule has 30 heavy (non-hydrogen) atoms. The van der Waals surface area contributed by atoms with Crippen LogP contribution in [0, 0.1) is 5.82 Å². The van der Waals surface area contributed by atoms with Gasteiger partial charge in [-0.1, -0.05) is 60.4 Å². The third-order valence-electron chi connectivity index (χ3n) is 4.33. The topological polar surface area (TPSA) is 59.8 Å². The van der Waals surface area contributed by atoms with E-state index in [0.29, 0.717) is 38.9 Å². The Morgan fingerprint density at radius 3 is 2.63 bits per heavy atom. The SMILES string of the molecule is CCCCC(=O)NCc1nnc(SCc2ccc(F)cc2)n1-c1ccc(Cl)cc1Cl. The summed E-state index contributed by atoms with van der Waals surface area (Å²) in [6, 6.07) is 11.5. The highest BCUT2D eigenvalue weighted by molar-refractivity contribution is 7.98. The summed E-state index contributed by atoms with van der Waals surface area (Å²) >= 11 is 13.9. The number of hydrogen-bond acceptors (Lipinski definition) is 4. The van der Waals surface area contributed by atoms with Crippen molar-refractivity contribution in [3.05, 3.63) is 69.7 Å². The number of hydrogen-bond donors (Lipinski definition) is 1. The molecule has 3 rings (SSSR count). The summed E-state index contributed by atoms with van der Waals surface area (Å²) < 4.78 is 15.0. The molecule has 0 radical (unpaired) electrons. The Kier molecular flexibility index (Phi) is 8.13. The van der Waals surface area contributed by atoms with Gasteiger partial charge in [-0.3, -0.25) is 9.36 Å². The molecule has 3 aromatic rings. The lowest BCUT2D eigenvalue weighted by Crippen LogP contribution is -2.24. The summed E-state index contributed by atoms with van der Waals surface area (Å²) in [5.41, 5.74) is 1.62. The number of rotatable bonds is 9. The van der Waals surface area contributed by atoms with Crippen LogP contribution in [0.2, 0.25) is 10.0 Å². The average Bonchev–Trinajstić information content (AvgIpc) is 3.13. The first kappa shape index (κ1) is 22.6. The molecular weight excluding hydrogens is 446 g/mol. The van der Waals surface area contributed by atoms with E-state index in [1.807, 2.05) is 11.5 Å². The molecule has 0 saturated heterocycles. The summed E-state index contributed by atoms with van der Waals surface area (Å²) in [7, 11) is 0. The highest BCUT2D eigenvalue weighted by atomic mass is 35.5. The van der Waals surface area contributed by atoms with Gasteiger partial charge in [0.05, 0.1) is 17.3 Å². The first-order chi connectivity index (χ1) is 14.5. The molecule has 1 heterocycles. The predicted octanol–water partition coefficient (Wildman–Crippen LogP) is 5.81. The maximum atomic E-state index is 13.2. The van der Waals surface area contributed by atoms with Gasteiger partial charge in [0.1, 0.15) is 5.82 Å². The molecule has 0 unspecified atom stereocenters. The first-order valence-corrected chi connectivity index (χ1v) is 11.3. The van der Waals surface area contributed by atoms with Gasteiger partial charge in [-0.2, -0.15) is 0 Å². The van der Waals surface area contributed by atoms with Crippen LogP contribution in [0.1, 0.15) is 37.6 Å². The van der Waals surface area contributed by atoms with Gasteiger partial charge in [0.25, 0.3) is 0 Å². The normalized spacial score (nSPS) is 10.9. The Bertz CT molecular complexity index is 1010. The molecule has 5 nitrogen and oxygen atoms in total. The Morgan fingerprint density at radius 2 is 1.93 bits per heavy atom. The summed E-state index contributed by atoms with van der Waals surface area (Å²) in [6.45, 7) is 2.27. The zero-order valence-electron chi connectivity index (χ0n) is 16.4. The minimum absolute atomic E-state index is 0.0332. The molecule has 9 heteroatoms. The van der Waals surface area contributed by atoms with E-state index in [9.17, 15) is 9.18 Å². The number of benzene rings is 2. The monoisotopic (exact) mass is 466 g/mol. The van der Waals surface area contributed by atoms with Crippen LogP contribution in [0.5, 0.6) is 0 Å². The second-order valence-corrected chi connectivity index (χ2v) is 8.41. The summed E-state index contributed by atoms with van der Waals surface area (Å²) in [4.78, 5) is 12.0. The fraction of sp³-hybridized carbons (Fsp3) is 0.286. The van der Waals surface area contributed by atoms with Crippen LogP contribution in [-0.4, -0.2) is 20.7 Å². The average molecular weight is 467 g/mol. The van der Waals surface area contributed by atoms with E-state index >= 15 is 0 Å². The van der Waals surface area contributed by atoms with Crippen LogP contribution in [0.3, 0.4) is 0 Å². The molecule has 1 N–H and O–H groups in total. The Morgan fingerprint density at radius 1 is 1.17 bits per heavy atom. The van der Waals surface area contributed by atoms with Gasteiger partial charge in [-0.15, -0.1) is 10.2 Å². The molecule has 0 aliphatic rings. The molecule has 0 spiro atoms. The molecule has 0 bridgehead atoms. The minimum Gasteiger partial charge on any atom is -0.349 e. The number of carbonyl (C=O) groups excluding carboxylic acids is 1. The fourth-order valence-electron chi connectivity index (χ4n) is 2.74. The maximum Gasteiger partial charge on any atom is 0.220 e. The van der Waals surface area contributed by atoms with E-state index < -0.39 is 0 Å². The number of aromatic nitrogens is 3. The van der Waals surface area contributed by atoms with Crippen LogP contribution >= 0.6 is 35.0 Å². The van der Waals surface area contributed by atoms with Crippen LogP contribution in [0.4, 0.5) is 4.39 Å². The van der Waals surface area contributed by atoms with Gasteiger partial charge in [0.15, 0.2) is 11.0 Å². The Balaban J connectivity index is 1.85. The lowest BCUT2D eigenvalue weighted by atomic mass is 10.2. The molecule has 2 aromatic carbocycles. The van der Waals surface area contributed by atoms with Gasteiger partial charge in [-0.25, -0.2) is 4.39 Å². The van der Waals surface area contributed by atoms with Gasteiger partial charge < -0.3 is 5.32 Å². The number of thioether (sulfide) groups is 1. The van der Waals surface area contributed by atoms with E-state index in [4.69, 9.17) is 23.2 Å². The molecule has 0 saturated carbocycles. The zero-order chi connectivity index (χ0) is 21.5. The van der Waals surface area contributed by atoms with Crippen molar-refractivity contribution < 1.29 is 9.18 Å². The molecule has 1 aromatic heterocycles. The van der Waals surface area contributed by atoms with E-state index in [0.717, 1.165) is 18.4 Å². The number of unbranched alkanes of at least 4 members (excludes halogenated alkanes) is 1. The maximum absolute atomic E-state index is 13.2. The summed E-state index contributed by atoms with van der Waals surface area (Å²) in [5.74, 6) is 0.827. The molecule has 158 valence electrons. The fourth-order valence-corrected chi connectivity index (χ4v) is 4.16. The first-order valence-electron chi connectivity index (χ1n) is 9.51. The highest BCUT2D eigenvalue weighted by Crippen LogP contribution is 2.30. The number of nitrogens with one attached hydrogen (secondary N) is 1. The van der Waals surface area contributed by atoms with Crippen LogP contribution < -0.4 is 5.32 Å². The zero-order valence-corrected chi connectivity index (χ0v) is 18.7. The molecule has 0 atom stereocenters. The Hall–Kier alpha value is -2.09. The molecule has 0 aliphatic carbocycles. The third kappa shape index (κ3) is 5.97. The van der Waals surface area contributed by atoms with Crippen molar-refractivity contribution in [3.8, 4) is 5.69 Å². The highest BCUT2D eigenvalue weighted by Gasteiger charge is 2.18. The van der Waals surface area contributed by atoms with Gasteiger partial charge in [-0.05, 0) is 42.3 Å². The number of carbonyl (C=O) groups is 1. The minimum atomic E-state index is -0.277. The van der Waals surface area contributed by atoms with E-state index in [-0.39, 0.29) is 18.3 Å². The molecule has 0 aliphatic heterocycles. The van der Waals surface area contributed by atoms with Crippen molar-refractivity contribution in [2.75, 3.05) is 0 Å². The smallest absolute Gasteiger partial charge is 0.220 e.